The second-order valence-corrected chi connectivity index (χ2v) is 15.3. The Labute approximate surface area is 317 Å². The summed E-state index contributed by atoms with van der Waals surface area (Å²) >= 11 is 2.43. The van der Waals surface area contributed by atoms with E-state index in [1.807, 2.05) is 6.20 Å². The quantitative estimate of drug-likeness (QED) is 0.116. The first-order valence-corrected chi connectivity index (χ1v) is 18.8. The van der Waals surface area contributed by atoms with Crippen molar-refractivity contribution < 1.29 is 19.4 Å². The van der Waals surface area contributed by atoms with Crippen molar-refractivity contribution in [3.8, 4) is 39.2 Å². The Bertz CT molecular complexity index is 2540. The first-order chi connectivity index (χ1) is 25.3. The van der Waals surface area contributed by atoms with Crippen LogP contribution in [0.25, 0.3) is 50.2 Å². The van der Waals surface area contributed by atoms with Gasteiger partial charge in [-0.2, -0.15) is 0 Å². The van der Waals surface area contributed by atoms with Crippen molar-refractivity contribution in [3.63, 3.8) is 0 Å². The number of nitrogens with zero attached hydrogens (tertiary/aromatic N) is 3. The van der Waals surface area contributed by atoms with Gasteiger partial charge in [0.15, 0.2) is 0 Å². The SMILES string of the molecule is Cn1[c](=[Pt])n(-c2[c-]c(B(c3[c-]c(-c4cc(C(C)(C)C)ccn4)ccc3)c3c(-c4ccccc4)cccc3-c3ccccc3)ccc2)c2ccccc21. The van der Waals surface area contributed by atoms with Gasteiger partial charge in [-0.05, 0) is 11.5 Å². The summed E-state index contributed by atoms with van der Waals surface area (Å²) in [5.74, 6) is 0. The second kappa shape index (κ2) is 14.0. The summed E-state index contributed by atoms with van der Waals surface area (Å²) in [5, 5.41) is 0. The van der Waals surface area contributed by atoms with Crippen LogP contribution in [0.15, 0.2) is 158 Å². The molecule has 256 valence electrons. The van der Waals surface area contributed by atoms with Crippen LogP contribution < -0.4 is 16.4 Å². The van der Waals surface area contributed by atoms with Gasteiger partial charge >= 0.3 is 287 Å². The van der Waals surface area contributed by atoms with Crippen molar-refractivity contribution in [2.24, 2.45) is 7.05 Å². The van der Waals surface area contributed by atoms with E-state index in [1.54, 1.807) is 0 Å². The normalized spacial score (nSPS) is 11.6. The van der Waals surface area contributed by atoms with Crippen LogP contribution in [0.3, 0.4) is 0 Å². The maximum absolute atomic E-state index is 4.85. The minimum atomic E-state index is -0.203. The summed E-state index contributed by atoms with van der Waals surface area (Å²) in [7, 11) is 2.12. The monoisotopic (exact) mass is 850 g/mol. The number of imidazole rings is 1. The summed E-state index contributed by atoms with van der Waals surface area (Å²) in [5.41, 5.74) is 14.5. The molecule has 0 radical (unpaired) electrons. The number of aromatic nitrogens is 3. The molecule has 3 nitrogen and oxygen atoms in total. The fourth-order valence-corrected chi connectivity index (χ4v) is 8.03. The zero-order chi connectivity index (χ0) is 35.8. The van der Waals surface area contributed by atoms with Crippen molar-refractivity contribution in [3.05, 3.63) is 179 Å². The Morgan fingerprint density at radius 3 is 1.85 bits per heavy atom. The number of fused-ring (bicyclic) bond motifs is 1. The zero-order valence-corrected chi connectivity index (χ0v) is 32.0. The molecule has 0 aliphatic rings. The third-order valence-electron chi connectivity index (χ3n) is 9.86. The number of hydrogen-bond donors (Lipinski definition) is 0. The van der Waals surface area contributed by atoms with E-state index in [1.165, 1.54) is 38.8 Å². The van der Waals surface area contributed by atoms with E-state index in [9.17, 15) is 0 Å². The number of para-hydroxylation sites is 2. The van der Waals surface area contributed by atoms with Gasteiger partial charge in [0.25, 0.3) is 0 Å². The zero-order valence-electron chi connectivity index (χ0n) is 29.7. The summed E-state index contributed by atoms with van der Waals surface area (Å²) in [6.07, 6.45) is 1.92. The fourth-order valence-electron chi connectivity index (χ4n) is 7.21. The van der Waals surface area contributed by atoms with Gasteiger partial charge in [-0.15, -0.1) is 0 Å². The molecule has 0 bridgehead atoms. The molecular formula is C47H38BN3Pt-2. The van der Waals surface area contributed by atoms with Crippen LogP contribution in [0.2, 0.25) is 0 Å². The van der Waals surface area contributed by atoms with Gasteiger partial charge in [0.1, 0.15) is 0 Å². The van der Waals surface area contributed by atoms with Crippen molar-refractivity contribution in [2.45, 2.75) is 26.2 Å². The molecule has 2 aromatic heterocycles. The summed E-state index contributed by atoms with van der Waals surface area (Å²) in [6.45, 7) is 6.52. The number of pyridine rings is 1. The number of aryl methyl sites for hydroxylation is 1. The molecule has 52 heavy (non-hydrogen) atoms. The van der Waals surface area contributed by atoms with E-state index < -0.39 is 0 Å². The van der Waals surface area contributed by atoms with Crippen LogP contribution in [0.5, 0.6) is 0 Å². The molecule has 0 saturated carbocycles. The molecule has 2 heterocycles. The van der Waals surface area contributed by atoms with E-state index in [2.05, 4.69) is 220 Å². The molecule has 0 amide bonds. The molecule has 0 unspecified atom stereocenters. The second-order valence-electron chi connectivity index (χ2n) is 14.2. The molecule has 8 aromatic rings. The van der Waals surface area contributed by atoms with E-state index in [0.29, 0.717) is 0 Å². The van der Waals surface area contributed by atoms with Gasteiger partial charge in [0, 0.05) is 0 Å². The van der Waals surface area contributed by atoms with Crippen molar-refractivity contribution >= 4 is 34.1 Å². The van der Waals surface area contributed by atoms with Crippen molar-refractivity contribution in [1.29, 1.82) is 0 Å². The average Bonchev–Trinajstić information content (AvgIpc) is 3.44. The summed E-state index contributed by atoms with van der Waals surface area (Å²) in [6, 6.07) is 62.0. The molecule has 8 rings (SSSR count). The van der Waals surface area contributed by atoms with Crippen molar-refractivity contribution in [1.82, 2.24) is 14.1 Å². The third-order valence-corrected chi connectivity index (χ3v) is 11.1. The molecule has 0 N–H and O–H groups in total. The molecule has 6 aromatic carbocycles. The standard InChI is InChI=1S/C47H38BN3.Pt/c1-47(2,3)37-28-29-49-43(31-37)36-20-13-21-38(30-36)48(39-22-14-23-40(32-39)51-33-50(4)44-26-11-12-27-45(44)51)46-41(34-16-7-5-8-17-34)24-15-25-42(46)35-18-9-6-10-19-35;/h5-29,31H,1-4H3;/q-2;. The van der Waals surface area contributed by atoms with Gasteiger partial charge in [-0.1, -0.05) is 20.8 Å². The van der Waals surface area contributed by atoms with Gasteiger partial charge in [0.05, 0.1) is 0 Å². The summed E-state index contributed by atoms with van der Waals surface area (Å²) in [4.78, 5) is 4.85. The van der Waals surface area contributed by atoms with Gasteiger partial charge in [-0.25, -0.2) is 0 Å². The van der Waals surface area contributed by atoms with E-state index in [-0.39, 0.29) is 12.1 Å². The van der Waals surface area contributed by atoms with Crippen LogP contribution >= 0.6 is 0 Å². The Balaban J connectivity index is 1.42. The van der Waals surface area contributed by atoms with Crippen molar-refractivity contribution in [2.75, 3.05) is 0 Å². The number of hydrogen-bond acceptors (Lipinski definition) is 1. The average molecular weight is 851 g/mol. The number of rotatable bonds is 7. The molecule has 0 saturated heterocycles. The van der Waals surface area contributed by atoms with Crippen LogP contribution in [-0.2, 0) is 31.8 Å². The van der Waals surface area contributed by atoms with Crippen LogP contribution in [0.4, 0.5) is 0 Å². The first-order valence-electron chi connectivity index (χ1n) is 17.7. The third kappa shape index (κ3) is 6.37. The van der Waals surface area contributed by atoms with Crippen LogP contribution in [0, 0.1) is 15.9 Å². The molecule has 0 aliphatic carbocycles. The molecule has 5 heteroatoms. The molecular weight excluding hydrogens is 812 g/mol. The Kier molecular flexibility index (Phi) is 9.12. The molecule has 0 fully saturated rings. The van der Waals surface area contributed by atoms with E-state index in [0.717, 1.165) is 37.2 Å². The Morgan fingerprint density at radius 2 is 1.19 bits per heavy atom. The number of benzene rings is 6. The molecule has 0 spiro atoms. The Morgan fingerprint density at radius 1 is 0.615 bits per heavy atom. The van der Waals surface area contributed by atoms with Crippen LogP contribution in [0.1, 0.15) is 26.3 Å². The van der Waals surface area contributed by atoms with Gasteiger partial charge < -0.3 is 0 Å². The van der Waals surface area contributed by atoms with E-state index in [4.69, 9.17) is 4.98 Å². The molecule has 0 aliphatic heterocycles. The topological polar surface area (TPSA) is 22.8 Å². The first kappa shape index (κ1) is 33.8. The van der Waals surface area contributed by atoms with Gasteiger partial charge in [0.2, 0.25) is 0 Å². The van der Waals surface area contributed by atoms with Crippen LogP contribution in [-0.4, -0.2) is 20.8 Å². The predicted octanol–water partition coefficient (Wildman–Crippen LogP) is 8.86. The maximum atomic E-state index is 4.85. The summed E-state index contributed by atoms with van der Waals surface area (Å²) < 4.78 is 5.66. The fraction of sp³-hybridized carbons (Fsp3) is 0.106. The predicted molar refractivity (Wildman–Crippen MR) is 214 cm³/mol. The minimum absolute atomic E-state index is 0.00325. The van der Waals surface area contributed by atoms with Gasteiger partial charge in [-0.3, -0.25) is 0 Å². The Hall–Kier alpha value is -5.31. The molecule has 0 atom stereocenters. The van der Waals surface area contributed by atoms with E-state index >= 15 is 0 Å².